The minimum atomic E-state index is -0.314. The molecule has 0 aliphatic carbocycles. The van der Waals surface area contributed by atoms with Crippen LogP contribution in [0.5, 0.6) is 0 Å². The van der Waals surface area contributed by atoms with E-state index < -0.39 is 0 Å². The molecule has 158 valence electrons. The van der Waals surface area contributed by atoms with Crippen molar-refractivity contribution in [1.29, 1.82) is 0 Å². The smallest absolute Gasteiger partial charge is 0.271 e. The van der Waals surface area contributed by atoms with Crippen molar-refractivity contribution in [3.8, 4) is 0 Å². The summed E-state index contributed by atoms with van der Waals surface area (Å²) in [5.74, 6) is -0.366. The Hall–Kier alpha value is -3.87. The first-order valence-corrected chi connectivity index (χ1v) is 10.1. The average Bonchev–Trinajstić information content (AvgIpc) is 3.20. The van der Waals surface area contributed by atoms with Crippen molar-refractivity contribution in [3.05, 3.63) is 94.0 Å². The van der Waals surface area contributed by atoms with Crippen molar-refractivity contribution in [1.82, 2.24) is 20.1 Å². The first kappa shape index (κ1) is 20.4. The van der Waals surface area contributed by atoms with E-state index >= 15 is 0 Å². The molecule has 4 rings (SSSR count). The van der Waals surface area contributed by atoms with Crippen molar-refractivity contribution in [2.24, 2.45) is 7.05 Å². The van der Waals surface area contributed by atoms with Crippen LogP contribution < -0.4 is 15.8 Å². The summed E-state index contributed by atoms with van der Waals surface area (Å²) >= 11 is 0. The maximum Gasteiger partial charge on any atom is 0.271 e. The summed E-state index contributed by atoms with van der Waals surface area (Å²) in [5.41, 5.74) is 4.33. The Kier molecular flexibility index (Phi) is 5.58. The second kappa shape index (κ2) is 8.47. The number of aromatic amines is 1. The van der Waals surface area contributed by atoms with Gasteiger partial charge in [-0.05, 0) is 35.4 Å². The number of aryl methyl sites for hydroxylation is 1. The van der Waals surface area contributed by atoms with Gasteiger partial charge in [-0.25, -0.2) is 4.68 Å². The van der Waals surface area contributed by atoms with Gasteiger partial charge in [0.05, 0.1) is 0 Å². The summed E-state index contributed by atoms with van der Waals surface area (Å²) in [6.45, 7) is 0.395. The molecule has 7 heteroatoms. The van der Waals surface area contributed by atoms with Crippen LogP contribution in [0.15, 0.2) is 71.7 Å². The number of nitrogens with one attached hydrogen (secondary N) is 2. The summed E-state index contributed by atoms with van der Waals surface area (Å²) in [4.78, 5) is 29.7. The lowest BCUT2D eigenvalue weighted by Crippen LogP contribution is -2.31. The highest BCUT2D eigenvalue weighted by Gasteiger charge is 2.20. The zero-order chi connectivity index (χ0) is 22.0. The zero-order valence-electron chi connectivity index (χ0n) is 17.8. The molecule has 0 aliphatic heterocycles. The van der Waals surface area contributed by atoms with Crippen LogP contribution >= 0.6 is 0 Å². The molecular weight excluding hydrogens is 390 g/mol. The first-order chi connectivity index (χ1) is 14.9. The van der Waals surface area contributed by atoms with Gasteiger partial charge in [0.25, 0.3) is 11.5 Å². The van der Waals surface area contributed by atoms with E-state index in [-0.39, 0.29) is 23.1 Å². The van der Waals surface area contributed by atoms with E-state index in [1.54, 1.807) is 0 Å². The Balaban J connectivity index is 1.66. The van der Waals surface area contributed by atoms with Crippen molar-refractivity contribution in [3.63, 3.8) is 0 Å². The maximum absolute atomic E-state index is 12.7. The number of amides is 1. The van der Waals surface area contributed by atoms with Crippen molar-refractivity contribution in [2.75, 3.05) is 25.5 Å². The number of para-hydroxylation sites is 1. The predicted octanol–water partition coefficient (Wildman–Crippen LogP) is 2.89. The van der Waals surface area contributed by atoms with Crippen molar-refractivity contribution in [2.45, 2.75) is 5.92 Å². The van der Waals surface area contributed by atoms with Gasteiger partial charge in [0.2, 0.25) is 0 Å². The summed E-state index contributed by atoms with van der Waals surface area (Å²) in [7, 11) is 5.54. The van der Waals surface area contributed by atoms with Crippen LogP contribution in [0.4, 0.5) is 5.69 Å². The van der Waals surface area contributed by atoms with Crippen LogP contribution in [-0.4, -0.2) is 41.3 Å². The van der Waals surface area contributed by atoms with E-state index in [1.165, 1.54) is 19.2 Å². The minimum absolute atomic E-state index is 0.0520. The Morgan fingerprint density at radius 2 is 1.84 bits per heavy atom. The van der Waals surface area contributed by atoms with E-state index in [0.717, 1.165) is 32.4 Å². The number of H-pyrrole nitrogens is 1. The molecule has 1 atom stereocenters. The standard InChI is InChI=1S/C24H25N5O2/c1-28(2)17-10-8-16(9-11-17)19(20-15-25-21-7-5-4-6-18(20)21)14-26-24(31)22-12-13-23(30)29(3)27-22/h4-13,15,19,25H,14H2,1-3H3,(H,26,31). The maximum atomic E-state index is 12.7. The lowest BCUT2D eigenvalue weighted by atomic mass is 9.90. The minimum Gasteiger partial charge on any atom is -0.378 e. The highest BCUT2D eigenvalue weighted by atomic mass is 16.2. The van der Waals surface area contributed by atoms with Gasteiger partial charge >= 0.3 is 0 Å². The van der Waals surface area contributed by atoms with Gasteiger partial charge in [-0.15, -0.1) is 0 Å². The largest absolute Gasteiger partial charge is 0.378 e. The molecule has 31 heavy (non-hydrogen) atoms. The second-order valence-corrected chi connectivity index (χ2v) is 7.72. The van der Waals surface area contributed by atoms with Crippen molar-refractivity contribution >= 4 is 22.5 Å². The molecule has 1 amide bonds. The van der Waals surface area contributed by atoms with Gasteiger partial charge in [-0.1, -0.05) is 30.3 Å². The summed E-state index contributed by atoms with van der Waals surface area (Å²) in [6.07, 6.45) is 2.01. The Bertz CT molecular complexity index is 1270. The molecule has 1 unspecified atom stereocenters. The molecule has 7 nitrogen and oxygen atoms in total. The SMILES string of the molecule is CN(C)c1ccc(C(CNC(=O)c2ccc(=O)n(C)n2)c2c[nH]c3ccccc23)cc1. The average molecular weight is 415 g/mol. The molecule has 4 aromatic rings. The predicted molar refractivity (Wildman–Crippen MR) is 123 cm³/mol. The number of rotatable bonds is 6. The van der Waals surface area contributed by atoms with E-state index in [0.29, 0.717) is 6.54 Å². The molecule has 0 saturated carbocycles. The number of aromatic nitrogens is 3. The Labute approximate surface area is 180 Å². The van der Waals surface area contributed by atoms with Gasteiger partial charge in [0.1, 0.15) is 5.69 Å². The van der Waals surface area contributed by atoms with E-state index in [4.69, 9.17) is 0 Å². The zero-order valence-corrected chi connectivity index (χ0v) is 17.8. The molecular formula is C24H25N5O2. The number of carbonyl (C=O) groups excluding carboxylic acids is 1. The third-order valence-corrected chi connectivity index (χ3v) is 5.47. The van der Waals surface area contributed by atoms with Gasteiger partial charge in [0.15, 0.2) is 0 Å². The fraction of sp³-hybridized carbons (Fsp3) is 0.208. The molecule has 0 fully saturated rings. The van der Waals surface area contributed by atoms with Crippen LogP contribution in [-0.2, 0) is 7.05 Å². The molecule has 2 aromatic carbocycles. The first-order valence-electron chi connectivity index (χ1n) is 10.1. The quantitative estimate of drug-likeness (QED) is 0.507. The Morgan fingerprint density at radius 3 is 2.55 bits per heavy atom. The molecule has 2 heterocycles. The molecule has 0 spiro atoms. The molecule has 0 bridgehead atoms. The molecule has 0 radical (unpaired) electrons. The van der Waals surface area contributed by atoms with E-state index in [2.05, 4.69) is 50.6 Å². The lowest BCUT2D eigenvalue weighted by Gasteiger charge is -2.20. The van der Waals surface area contributed by atoms with Crippen molar-refractivity contribution < 1.29 is 4.79 Å². The van der Waals surface area contributed by atoms with Gasteiger partial charge in [-0.2, -0.15) is 5.10 Å². The van der Waals surface area contributed by atoms with Gasteiger partial charge < -0.3 is 15.2 Å². The molecule has 2 N–H and O–H groups in total. The topological polar surface area (TPSA) is 83.0 Å². The second-order valence-electron chi connectivity index (χ2n) is 7.72. The highest BCUT2D eigenvalue weighted by Crippen LogP contribution is 2.31. The number of nitrogens with zero attached hydrogens (tertiary/aromatic N) is 3. The third kappa shape index (κ3) is 4.21. The summed E-state index contributed by atoms with van der Waals surface area (Å²) < 4.78 is 1.16. The Morgan fingerprint density at radius 1 is 1.10 bits per heavy atom. The van der Waals surface area contributed by atoms with Crippen LogP contribution in [0.3, 0.4) is 0 Å². The molecule has 0 aliphatic rings. The number of anilines is 1. The monoisotopic (exact) mass is 415 g/mol. The lowest BCUT2D eigenvalue weighted by molar-refractivity contribution is 0.0945. The third-order valence-electron chi connectivity index (χ3n) is 5.47. The molecule has 2 aromatic heterocycles. The van der Waals surface area contributed by atoms with Crippen LogP contribution in [0, 0.1) is 0 Å². The fourth-order valence-corrected chi connectivity index (χ4v) is 3.70. The van der Waals surface area contributed by atoms with E-state index in [1.807, 2.05) is 38.5 Å². The normalized spacial score (nSPS) is 12.0. The van der Waals surface area contributed by atoms with Gasteiger partial charge in [0, 0.05) is 62.5 Å². The number of hydrogen-bond acceptors (Lipinski definition) is 4. The van der Waals surface area contributed by atoms with Crippen LogP contribution in [0.1, 0.15) is 27.5 Å². The van der Waals surface area contributed by atoms with Crippen LogP contribution in [0.25, 0.3) is 10.9 Å². The van der Waals surface area contributed by atoms with Gasteiger partial charge in [-0.3, -0.25) is 9.59 Å². The fourth-order valence-electron chi connectivity index (χ4n) is 3.70. The molecule has 0 saturated heterocycles. The summed E-state index contributed by atoms with van der Waals surface area (Å²) in [5, 5.41) is 8.16. The van der Waals surface area contributed by atoms with E-state index in [9.17, 15) is 9.59 Å². The number of carbonyl (C=O) groups is 1. The number of fused-ring (bicyclic) bond motifs is 1. The van der Waals surface area contributed by atoms with Crippen LogP contribution in [0.2, 0.25) is 0 Å². The number of benzene rings is 2. The highest BCUT2D eigenvalue weighted by molar-refractivity contribution is 5.92. The number of hydrogen-bond donors (Lipinski definition) is 2. The summed E-state index contributed by atoms with van der Waals surface area (Å²) in [6, 6.07) is 19.3.